The van der Waals surface area contributed by atoms with Gasteiger partial charge in [0, 0.05) is 58.0 Å². The lowest BCUT2D eigenvalue weighted by Gasteiger charge is -2.44. The summed E-state index contributed by atoms with van der Waals surface area (Å²) >= 11 is 12.5. The molecule has 2 aliphatic heterocycles. The third-order valence-electron chi connectivity index (χ3n) is 7.47. The van der Waals surface area contributed by atoms with Crippen molar-refractivity contribution in [3.05, 3.63) is 69.5 Å². The third kappa shape index (κ3) is 5.52. The maximum atomic E-state index is 14.4. The summed E-state index contributed by atoms with van der Waals surface area (Å²) in [6.45, 7) is 3.61. The van der Waals surface area contributed by atoms with Gasteiger partial charge in [0.15, 0.2) is 0 Å². The predicted octanol–water partition coefficient (Wildman–Crippen LogP) is 4.85. The Morgan fingerprint density at radius 3 is 2.25 bits per heavy atom. The van der Waals surface area contributed by atoms with Crippen molar-refractivity contribution in [1.82, 2.24) is 14.7 Å². The molecule has 2 saturated heterocycles. The maximum absolute atomic E-state index is 14.4. The number of likely N-dealkylation sites (tertiary alicyclic amines) is 2. The van der Waals surface area contributed by atoms with E-state index in [1.807, 2.05) is 11.0 Å². The molecule has 2 fully saturated rings. The van der Waals surface area contributed by atoms with Crippen LogP contribution in [0.1, 0.15) is 48.0 Å². The average molecular weight is 534 g/mol. The molecule has 2 aromatic rings. The summed E-state index contributed by atoms with van der Waals surface area (Å²) in [5, 5.41) is 0.824. The number of hydrogen-bond acceptors (Lipinski definition) is 3. The van der Waals surface area contributed by atoms with Crippen LogP contribution >= 0.6 is 23.2 Å². The maximum Gasteiger partial charge on any atom is 0.256 e. The normalized spacial score (nSPS) is 20.8. The minimum Gasteiger partial charge on any atom is -0.343 e. The molecule has 192 valence electrons. The second-order valence-corrected chi connectivity index (χ2v) is 10.4. The van der Waals surface area contributed by atoms with E-state index < -0.39 is 11.7 Å². The molecule has 0 N–H and O–H groups in total. The first-order valence-electron chi connectivity index (χ1n) is 12.2. The Morgan fingerprint density at radius 1 is 0.944 bits per heavy atom. The lowest BCUT2D eigenvalue weighted by molar-refractivity contribution is -0.141. The minimum absolute atomic E-state index is 0.0172. The second-order valence-electron chi connectivity index (χ2n) is 9.60. The molecule has 0 saturated carbocycles. The number of amides is 3. The van der Waals surface area contributed by atoms with Gasteiger partial charge in [-0.3, -0.25) is 14.4 Å². The van der Waals surface area contributed by atoms with Gasteiger partial charge in [0.1, 0.15) is 5.82 Å². The smallest absolute Gasteiger partial charge is 0.256 e. The molecule has 36 heavy (non-hydrogen) atoms. The van der Waals surface area contributed by atoms with E-state index >= 15 is 0 Å². The van der Waals surface area contributed by atoms with E-state index in [2.05, 4.69) is 0 Å². The lowest BCUT2D eigenvalue weighted by atomic mass is 9.83. The van der Waals surface area contributed by atoms with Gasteiger partial charge >= 0.3 is 0 Å². The third-order valence-corrected chi connectivity index (χ3v) is 8.21. The number of benzene rings is 2. The Morgan fingerprint density at radius 2 is 1.61 bits per heavy atom. The first-order chi connectivity index (χ1) is 17.2. The molecule has 2 heterocycles. The van der Waals surface area contributed by atoms with E-state index in [0.29, 0.717) is 55.5 Å². The number of likely N-dealkylation sites (N-methyl/N-ethyl adjacent to an activating group) is 1. The zero-order chi connectivity index (χ0) is 26.0. The Hall–Kier alpha value is -2.64. The molecule has 2 aromatic carbocycles. The van der Waals surface area contributed by atoms with Crippen LogP contribution in [-0.2, 0) is 9.59 Å². The number of piperidine rings is 2. The van der Waals surface area contributed by atoms with E-state index in [-0.39, 0.29) is 35.3 Å². The number of rotatable bonds is 4. The number of carbonyl (C=O) groups excluding carboxylic acids is 3. The van der Waals surface area contributed by atoms with Crippen LogP contribution in [0.5, 0.6) is 0 Å². The van der Waals surface area contributed by atoms with Crippen molar-refractivity contribution in [2.75, 3.05) is 33.2 Å². The van der Waals surface area contributed by atoms with Gasteiger partial charge in [-0.25, -0.2) is 4.39 Å². The van der Waals surface area contributed by atoms with Crippen molar-refractivity contribution in [2.45, 2.75) is 38.1 Å². The first-order valence-corrected chi connectivity index (χ1v) is 12.9. The van der Waals surface area contributed by atoms with Gasteiger partial charge < -0.3 is 14.7 Å². The standard InChI is InChI=1S/C27H30Cl2FN3O3/c1-17(34)32-12-9-18(10-13-32)26(35)33-14-11-25(21(16-33)19-7-8-22(28)23(29)15-19)31(2)27(36)20-5-3-4-6-24(20)30/h3-8,15,18,21,25H,9-14,16H2,1-2H3/t21-,25+/m0/s1. The van der Waals surface area contributed by atoms with Gasteiger partial charge in [0.25, 0.3) is 5.91 Å². The Labute approximate surface area is 220 Å². The van der Waals surface area contributed by atoms with Crippen molar-refractivity contribution in [3.63, 3.8) is 0 Å². The number of hydrogen-bond donors (Lipinski definition) is 0. The summed E-state index contributed by atoms with van der Waals surface area (Å²) < 4.78 is 14.4. The molecule has 2 atom stereocenters. The summed E-state index contributed by atoms with van der Waals surface area (Å²) in [7, 11) is 1.68. The molecule has 4 rings (SSSR count). The zero-order valence-corrected chi connectivity index (χ0v) is 21.9. The molecule has 0 aliphatic carbocycles. The molecule has 0 spiro atoms. The molecule has 0 aromatic heterocycles. The summed E-state index contributed by atoms with van der Waals surface area (Å²) in [5.74, 6) is -1.22. The van der Waals surface area contributed by atoms with Crippen molar-refractivity contribution in [1.29, 1.82) is 0 Å². The summed E-state index contributed by atoms with van der Waals surface area (Å²) in [6.07, 6.45) is 1.82. The second kappa shape index (κ2) is 11.2. The summed E-state index contributed by atoms with van der Waals surface area (Å²) in [4.78, 5) is 43.6. The highest BCUT2D eigenvalue weighted by Gasteiger charge is 2.39. The highest BCUT2D eigenvalue weighted by Crippen LogP contribution is 2.35. The Bertz CT molecular complexity index is 1150. The fourth-order valence-electron chi connectivity index (χ4n) is 5.35. The Kier molecular flexibility index (Phi) is 8.20. The number of nitrogens with zero attached hydrogens (tertiary/aromatic N) is 3. The molecule has 3 amide bonds. The fourth-order valence-corrected chi connectivity index (χ4v) is 5.66. The largest absolute Gasteiger partial charge is 0.343 e. The first kappa shape index (κ1) is 26.4. The zero-order valence-electron chi connectivity index (χ0n) is 20.4. The average Bonchev–Trinajstić information content (AvgIpc) is 2.89. The van der Waals surface area contributed by atoms with Crippen LogP contribution in [0.4, 0.5) is 4.39 Å². The van der Waals surface area contributed by atoms with Crippen LogP contribution in [0.2, 0.25) is 10.0 Å². The van der Waals surface area contributed by atoms with E-state index in [1.54, 1.807) is 48.0 Å². The molecule has 6 nitrogen and oxygen atoms in total. The van der Waals surface area contributed by atoms with Gasteiger partial charge in [-0.05, 0) is 49.1 Å². The highest BCUT2D eigenvalue weighted by atomic mass is 35.5. The van der Waals surface area contributed by atoms with Gasteiger partial charge in [0.2, 0.25) is 11.8 Å². The molecule has 2 aliphatic rings. The number of halogens is 3. The monoisotopic (exact) mass is 533 g/mol. The topological polar surface area (TPSA) is 60.9 Å². The van der Waals surface area contributed by atoms with Gasteiger partial charge in [-0.15, -0.1) is 0 Å². The predicted molar refractivity (Wildman–Crippen MR) is 138 cm³/mol. The van der Waals surface area contributed by atoms with Crippen molar-refractivity contribution >= 4 is 40.9 Å². The van der Waals surface area contributed by atoms with Crippen LogP contribution < -0.4 is 0 Å². The molecule has 0 bridgehead atoms. The fraction of sp³-hybridized carbons (Fsp3) is 0.444. The van der Waals surface area contributed by atoms with Gasteiger partial charge in [-0.2, -0.15) is 0 Å². The van der Waals surface area contributed by atoms with Crippen molar-refractivity contribution in [3.8, 4) is 0 Å². The Balaban J connectivity index is 1.56. The molecule has 0 unspecified atom stereocenters. The SMILES string of the molecule is CC(=O)N1CCC(C(=O)N2CC[C@@H](N(C)C(=O)c3ccccc3F)[C@H](c3ccc(Cl)c(Cl)c3)C2)CC1. The van der Waals surface area contributed by atoms with E-state index in [4.69, 9.17) is 23.2 Å². The van der Waals surface area contributed by atoms with Crippen LogP contribution in [0.3, 0.4) is 0 Å². The number of carbonyl (C=O) groups is 3. The molecular formula is C27H30Cl2FN3O3. The minimum atomic E-state index is -0.565. The highest BCUT2D eigenvalue weighted by molar-refractivity contribution is 6.42. The van der Waals surface area contributed by atoms with E-state index in [9.17, 15) is 18.8 Å². The van der Waals surface area contributed by atoms with Gasteiger partial charge in [-0.1, -0.05) is 41.4 Å². The van der Waals surface area contributed by atoms with Crippen LogP contribution in [0.25, 0.3) is 0 Å². The molecular weight excluding hydrogens is 504 g/mol. The molecule has 0 radical (unpaired) electrons. The van der Waals surface area contributed by atoms with Crippen molar-refractivity contribution < 1.29 is 18.8 Å². The molecule has 9 heteroatoms. The van der Waals surface area contributed by atoms with E-state index in [0.717, 1.165) is 5.56 Å². The summed E-state index contributed by atoms with van der Waals surface area (Å²) in [5.41, 5.74) is 0.884. The van der Waals surface area contributed by atoms with Crippen LogP contribution in [0.15, 0.2) is 42.5 Å². The summed E-state index contributed by atoms with van der Waals surface area (Å²) in [6, 6.07) is 11.0. The van der Waals surface area contributed by atoms with Crippen molar-refractivity contribution in [2.24, 2.45) is 5.92 Å². The lowest BCUT2D eigenvalue weighted by Crippen LogP contribution is -2.53. The van der Waals surface area contributed by atoms with Crippen LogP contribution in [-0.4, -0.2) is 71.7 Å². The van der Waals surface area contributed by atoms with Gasteiger partial charge in [0.05, 0.1) is 15.6 Å². The van der Waals surface area contributed by atoms with E-state index in [1.165, 1.54) is 12.1 Å². The van der Waals surface area contributed by atoms with Crippen LogP contribution in [0, 0.1) is 11.7 Å². The quantitative estimate of drug-likeness (QED) is 0.564.